The lowest BCUT2D eigenvalue weighted by Gasteiger charge is -2.14. The number of carbonyl (C=O) groups excluding carboxylic acids is 1. The number of aromatic nitrogens is 1. The predicted molar refractivity (Wildman–Crippen MR) is 76.1 cm³/mol. The first kappa shape index (κ1) is 14.1. The van der Waals surface area contributed by atoms with Gasteiger partial charge in [0.1, 0.15) is 0 Å². The molecule has 0 saturated carbocycles. The molecule has 2 rings (SSSR count). The summed E-state index contributed by atoms with van der Waals surface area (Å²) in [4.78, 5) is 16.1. The molecule has 0 spiro atoms. The van der Waals surface area contributed by atoms with Gasteiger partial charge in [-0.2, -0.15) is 0 Å². The lowest BCUT2D eigenvalue weighted by Crippen LogP contribution is -2.41. The number of pyridine rings is 1. The van der Waals surface area contributed by atoms with Gasteiger partial charge in [0.2, 0.25) is 11.8 Å². The Morgan fingerprint density at radius 2 is 2.53 bits per heavy atom. The molecule has 6 heteroatoms. The molecule has 1 aromatic heterocycles. The third-order valence-corrected chi connectivity index (χ3v) is 3.62. The van der Waals surface area contributed by atoms with Crippen LogP contribution in [-0.4, -0.2) is 34.7 Å². The molecule has 104 valence electrons. The summed E-state index contributed by atoms with van der Waals surface area (Å²) in [5, 5.41) is 6.06. The van der Waals surface area contributed by atoms with Crippen LogP contribution in [0.4, 0.5) is 0 Å². The minimum Gasteiger partial charge on any atom is -0.475 e. The first-order valence-corrected chi connectivity index (χ1v) is 7.51. The second-order valence-corrected chi connectivity index (χ2v) is 5.65. The number of hydrogen-bond acceptors (Lipinski definition) is 5. The van der Waals surface area contributed by atoms with Crippen LogP contribution in [-0.2, 0) is 11.3 Å². The molecular weight excluding hydrogens is 262 g/mol. The number of thioether (sulfide) groups is 1. The van der Waals surface area contributed by atoms with E-state index in [4.69, 9.17) is 4.74 Å². The van der Waals surface area contributed by atoms with Crippen LogP contribution in [0.15, 0.2) is 18.3 Å². The number of nitrogens with zero attached hydrogens (tertiary/aromatic N) is 1. The zero-order chi connectivity index (χ0) is 13.7. The number of ether oxygens (including phenoxy) is 1. The fraction of sp³-hybridized carbons (Fsp3) is 0.538. The first-order chi connectivity index (χ1) is 9.16. The highest BCUT2D eigenvalue weighted by Gasteiger charge is 2.22. The molecule has 1 unspecified atom stereocenters. The standard InChI is InChI=1S/C13H19N3O2S/c1-9(2)18-13-10(4-3-5-14-13)6-15-12(17)11-7-19-8-16-11/h3-5,9,11,16H,6-8H2,1-2H3,(H,15,17). The van der Waals surface area contributed by atoms with E-state index in [9.17, 15) is 4.79 Å². The zero-order valence-corrected chi connectivity index (χ0v) is 12.0. The second-order valence-electron chi connectivity index (χ2n) is 4.62. The minimum absolute atomic E-state index is 0.0318. The van der Waals surface area contributed by atoms with Crippen LogP contribution in [0.5, 0.6) is 5.88 Å². The van der Waals surface area contributed by atoms with Gasteiger partial charge in [-0.15, -0.1) is 11.8 Å². The average Bonchev–Trinajstić information content (AvgIpc) is 2.90. The van der Waals surface area contributed by atoms with Crippen LogP contribution in [0.2, 0.25) is 0 Å². The maximum Gasteiger partial charge on any atom is 0.238 e. The van der Waals surface area contributed by atoms with Crippen molar-refractivity contribution in [3.63, 3.8) is 0 Å². The first-order valence-electron chi connectivity index (χ1n) is 6.36. The van der Waals surface area contributed by atoms with Gasteiger partial charge in [0.15, 0.2) is 0 Å². The molecule has 1 aromatic rings. The quantitative estimate of drug-likeness (QED) is 0.847. The van der Waals surface area contributed by atoms with Crippen LogP contribution in [0.1, 0.15) is 19.4 Å². The Kier molecular flexibility index (Phi) is 5.04. The zero-order valence-electron chi connectivity index (χ0n) is 11.2. The van der Waals surface area contributed by atoms with E-state index in [1.165, 1.54) is 0 Å². The van der Waals surface area contributed by atoms with Gasteiger partial charge in [0.25, 0.3) is 0 Å². The third kappa shape index (κ3) is 4.11. The topological polar surface area (TPSA) is 63.2 Å². The van der Waals surface area contributed by atoms with Crippen molar-refractivity contribution >= 4 is 17.7 Å². The summed E-state index contributed by atoms with van der Waals surface area (Å²) < 4.78 is 5.62. The van der Waals surface area contributed by atoms with Crippen LogP contribution in [0.25, 0.3) is 0 Å². The van der Waals surface area contributed by atoms with E-state index in [0.717, 1.165) is 17.2 Å². The van der Waals surface area contributed by atoms with Gasteiger partial charge in [0, 0.05) is 29.9 Å². The summed E-state index contributed by atoms with van der Waals surface area (Å²) in [6, 6.07) is 3.68. The Hall–Kier alpha value is -1.27. The van der Waals surface area contributed by atoms with E-state index in [1.807, 2.05) is 26.0 Å². The van der Waals surface area contributed by atoms with Gasteiger partial charge >= 0.3 is 0 Å². The highest BCUT2D eigenvalue weighted by molar-refractivity contribution is 7.99. The highest BCUT2D eigenvalue weighted by Crippen LogP contribution is 2.16. The summed E-state index contributed by atoms with van der Waals surface area (Å²) in [7, 11) is 0. The van der Waals surface area contributed by atoms with E-state index in [-0.39, 0.29) is 18.1 Å². The van der Waals surface area contributed by atoms with Crippen molar-refractivity contribution in [2.75, 3.05) is 11.6 Å². The molecule has 2 heterocycles. The second kappa shape index (κ2) is 6.77. The number of amides is 1. The Balaban J connectivity index is 1.93. The lowest BCUT2D eigenvalue weighted by molar-refractivity contribution is -0.122. The Morgan fingerprint density at radius 1 is 1.68 bits per heavy atom. The fourth-order valence-electron chi connectivity index (χ4n) is 1.76. The molecule has 1 fully saturated rings. The third-order valence-electron chi connectivity index (χ3n) is 2.68. The Labute approximate surface area is 117 Å². The van der Waals surface area contributed by atoms with Crippen molar-refractivity contribution in [2.24, 2.45) is 0 Å². The molecule has 1 aliphatic rings. The normalized spacial score (nSPS) is 18.6. The van der Waals surface area contributed by atoms with Crippen LogP contribution < -0.4 is 15.4 Å². The number of carbonyl (C=O) groups is 1. The van der Waals surface area contributed by atoms with Crippen molar-refractivity contribution in [1.82, 2.24) is 15.6 Å². The van der Waals surface area contributed by atoms with E-state index < -0.39 is 0 Å². The number of nitrogens with one attached hydrogen (secondary N) is 2. The van der Waals surface area contributed by atoms with Gasteiger partial charge in [-0.3, -0.25) is 10.1 Å². The van der Waals surface area contributed by atoms with Crippen LogP contribution >= 0.6 is 11.8 Å². The molecule has 5 nitrogen and oxygen atoms in total. The van der Waals surface area contributed by atoms with Crippen molar-refractivity contribution in [3.8, 4) is 5.88 Å². The minimum atomic E-state index is -0.0869. The van der Waals surface area contributed by atoms with E-state index >= 15 is 0 Å². The van der Waals surface area contributed by atoms with E-state index in [1.54, 1.807) is 18.0 Å². The van der Waals surface area contributed by atoms with Gasteiger partial charge < -0.3 is 10.1 Å². The summed E-state index contributed by atoms with van der Waals surface area (Å²) in [5.74, 6) is 2.29. The highest BCUT2D eigenvalue weighted by atomic mass is 32.2. The van der Waals surface area contributed by atoms with Crippen LogP contribution in [0, 0.1) is 0 Å². The molecule has 0 aliphatic carbocycles. The molecule has 0 bridgehead atoms. The molecule has 0 radical (unpaired) electrons. The summed E-state index contributed by atoms with van der Waals surface area (Å²) in [6.07, 6.45) is 1.76. The molecule has 0 aromatic carbocycles. The maximum atomic E-state index is 11.9. The largest absolute Gasteiger partial charge is 0.475 e. The van der Waals surface area contributed by atoms with Gasteiger partial charge in [-0.1, -0.05) is 6.07 Å². The molecule has 19 heavy (non-hydrogen) atoms. The number of rotatable bonds is 5. The molecule has 1 saturated heterocycles. The van der Waals surface area contributed by atoms with Gasteiger partial charge in [-0.25, -0.2) is 4.98 Å². The van der Waals surface area contributed by atoms with Crippen molar-refractivity contribution in [3.05, 3.63) is 23.9 Å². The average molecular weight is 281 g/mol. The van der Waals surface area contributed by atoms with E-state index in [2.05, 4.69) is 15.6 Å². The predicted octanol–water partition coefficient (Wildman–Crippen LogP) is 1.15. The van der Waals surface area contributed by atoms with Crippen molar-refractivity contribution in [1.29, 1.82) is 0 Å². The molecule has 2 N–H and O–H groups in total. The SMILES string of the molecule is CC(C)Oc1ncccc1CNC(=O)C1CSCN1. The molecule has 1 atom stereocenters. The summed E-state index contributed by atoms with van der Waals surface area (Å²) in [5.41, 5.74) is 0.898. The molecule has 1 aliphatic heterocycles. The summed E-state index contributed by atoms with van der Waals surface area (Å²) >= 11 is 1.73. The van der Waals surface area contributed by atoms with Crippen LogP contribution in [0.3, 0.4) is 0 Å². The maximum absolute atomic E-state index is 11.9. The van der Waals surface area contributed by atoms with Crippen molar-refractivity contribution in [2.45, 2.75) is 32.5 Å². The lowest BCUT2D eigenvalue weighted by atomic mass is 10.2. The molecular formula is C13H19N3O2S. The Morgan fingerprint density at radius 3 is 3.21 bits per heavy atom. The van der Waals surface area contributed by atoms with Gasteiger partial charge in [0.05, 0.1) is 12.1 Å². The fourth-order valence-corrected chi connectivity index (χ4v) is 2.70. The van der Waals surface area contributed by atoms with E-state index in [0.29, 0.717) is 12.4 Å². The Bertz CT molecular complexity index is 434. The monoisotopic (exact) mass is 281 g/mol. The van der Waals surface area contributed by atoms with Crippen molar-refractivity contribution < 1.29 is 9.53 Å². The summed E-state index contributed by atoms with van der Waals surface area (Å²) in [6.45, 7) is 4.35. The smallest absolute Gasteiger partial charge is 0.238 e. The van der Waals surface area contributed by atoms with Gasteiger partial charge in [-0.05, 0) is 19.9 Å². The molecule has 1 amide bonds. The number of hydrogen-bond donors (Lipinski definition) is 2.